The molecular weight excluding hydrogens is 319 g/mol. The van der Waals surface area contributed by atoms with Gasteiger partial charge in [-0.1, -0.05) is 36.4 Å². The number of hydrogen-bond donors (Lipinski definition) is 1. The maximum atomic E-state index is 13.8. The molecule has 0 spiro atoms. The lowest BCUT2D eigenvalue weighted by Gasteiger charge is -2.44. The molecule has 1 aliphatic heterocycles. The number of para-hydroxylation sites is 1. The van der Waals surface area contributed by atoms with E-state index in [9.17, 15) is 14.0 Å². The summed E-state index contributed by atoms with van der Waals surface area (Å²) in [5.74, 6) is -1.43. The van der Waals surface area contributed by atoms with Crippen LogP contribution in [0, 0.1) is 11.7 Å². The Morgan fingerprint density at radius 1 is 1.12 bits per heavy atom. The van der Waals surface area contributed by atoms with Crippen LogP contribution in [0.1, 0.15) is 35.9 Å². The van der Waals surface area contributed by atoms with Crippen LogP contribution in [0.4, 0.5) is 10.1 Å². The predicted octanol–water partition coefficient (Wildman–Crippen LogP) is 3.47. The summed E-state index contributed by atoms with van der Waals surface area (Å²) in [6.07, 6.45) is 2.39. The van der Waals surface area contributed by atoms with Crippen LogP contribution in [-0.4, -0.2) is 23.8 Å². The molecule has 4 nitrogen and oxygen atoms in total. The van der Waals surface area contributed by atoms with Crippen molar-refractivity contribution in [2.45, 2.75) is 24.8 Å². The normalized spacial score (nSPS) is 22.5. The molecule has 1 saturated carbocycles. The Kier molecular flexibility index (Phi) is 3.79. The highest BCUT2D eigenvalue weighted by atomic mass is 19.1. The highest BCUT2D eigenvalue weighted by Crippen LogP contribution is 2.44. The molecule has 2 aliphatic rings. The summed E-state index contributed by atoms with van der Waals surface area (Å²) in [6.45, 7) is 0. The van der Waals surface area contributed by atoms with Gasteiger partial charge in [-0.25, -0.2) is 4.39 Å². The number of benzene rings is 2. The number of amides is 2. The number of anilines is 1. The molecule has 25 heavy (non-hydrogen) atoms. The second kappa shape index (κ2) is 5.99. The van der Waals surface area contributed by atoms with E-state index in [1.54, 1.807) is 24.1 Å². The number of halogens is 1. The van der Waals surface area contributed by atoms with Crippen LogP contribution >= 0.6 is 0 Å². The number of rotatable bonds is 4. The third-order valence-electron chi connectivity index (χ3n) is 5.06. The molecule has 2 fully saturated rings. The Bertz CT molecular complexity index is 847. The van der Waals surface area contributed by atoms with Gasteiger partial charge in [-0.2, -0.15) is 0 Å². The lowest BCUT2D eigenvalue weighted by Crippen LogP contribution is -2.57. The van der Waals surface area contributed by atoms with Crippen LogP contribution in [0.2, 0.25) is 0 Å². The van der Waals surface area contributed by atoms with Crippen molar-refractivity contribution >= 4 is 17.5 Å². The van der Waals surface area contributed by atoms with Crippen molar-refractivity contribution in [1.29, 1.82) is 0 Å². The fraction of sp³-hybridized carbons (Fsp3) is 0.300. The fourth-order valence-electron chi connectivity index (χ4n) is 3.49. The van der Waals surface area contributed by atoms with E-state index in [-0.39, 0.29) is 17.6 Å². The molecule has 2 aromatic carbocycles. The van der Waals surface area contributed by atoms with Crippen LogP contribution in [-0.2, 0) is 9.59 Å². The number of carbonyl (C=O) groups is 2. The zero-order chi connectivity index (χ0) is 17.6. The van der Waals surface area contributed by atoms with Crippen molar-refractivity contribution in [2.75, 3.05) is 12.4 Å². The molecule has 4 rings (SSSR count). The summed E-state index contributed by atoms with van der Waals surface area (Å²) < 4.78 is 13.8. The quantitative estimate of drug-likeness (QED) is 0.685. The number of nitrogens with zero attached hydrogens (tertiary/aromatic N) is 1. The molecule has 2 atom stereocenters. The van der Waals surface area contributed by atoms with Gasteiger partial charge in [0.15, 0.2) is 0 Å². The van der Waals surface area contributed by atoms with Crippen LogP contribution in [0.25, 0.3) is 0 Å². The van der Waals surface area contributed by atoms with E-state index in [0.717, 1.165) is 5.56 Å². The van der Waals surface area contributed by atoms with Gasteiger partial charge in [-0.05, 0) is 42.0 Å². The lowest BCUT2D eigenvalue weighted by atomic mass is 9.81. The summed E-state index contributed by atoms with van der Waals surface area (Å²) in [5, 5.41) is 2.55. The fourth-order valence-corrected chi connectivity index (χ4v) is 3.49. The summed E-state index contributed by atoms with van der Waals surface area (Å²) >= 11 is 0. The lowest BCUT2D eigenvalue weighted by molar-refractivity contribution is -0.158. The maximum absolute atomic E-state index is 13.8. The molecule has 1 heterocycles. The molecule has 0 aromatic heterocycles. The molecule has 0 radical (unpaired) electrons. The number of carbonyl (C=O) groups excluding carboxylic acids is 2. The van der Waals surface area contributed by atoms with Gasteiger partial charge in [-0.3, -0.25) is 9.59 Å². The maximum Gasteiger partial charge on any atom is 0.239 e. The standard InChI is InChI=1S/C20H19FN2O2/c1-23-18(14-6-4-5-13(11-14)12-9-10-12)17(20(23)25)19(24)22-16-8-3-2-7-15(16)21/h2-8,11-12,17-18H,9-10H2,1H3,(H,22,24). The van der Waals surface area contributed by atoms with Crippen molar-refractivity contribution in [1.82, 2.24) is 4.90 Å². The molecule has 1 saturated heterocycles. The van der Waals surface area contributed by atoms with Gasteiger partial charge in [-0.15, -0.1) is 0 Å². The third kappa shape index (κ3) is 2.80. The van der Waals surface area contributed by atoms with E-state index in [4.69, 9.17) is 0 Å². The first-order valence-corrected chi connectivity index (χ1v) is 8.48. The topological polar surface area (TPSA) is 49.4 Å². The minimum Gasteiger partial charge on any atom is -0.337 e. The number of β-lactam (4-membered cyclic amide) rings is 1. The zero-order valence-electron chi connectivity index (χ0n) is 13.9. The molecule has 5 heteroatoms. The van der Waals surface area contributed by atoms with E-state index < -0.39 is 17.6 Å². The molecule has 1 aliphatic carbocycles. The van der Waals surface area contributed by atoms with Crippen LogP contribution in [0.15, 0.2) is 48.5 Å². The number of hydrogen-bond acceptors (Lipinski definition) is 2. The predicted molar refractivity (Wildman–Crippen MR) is 92.4 cm³/mol. The molecule has 2 aromatic rings. The molecule has 2 unspecified atom stereocenters. The summed E-state index contributed by atoms with van der Waals surface area (Å²) in [7, 11) is 1.70. The van der Waals surface area contributed by atoms with Crippen LogP contribution < -0.4 is 5.32 Å². The van der Waals surface area contributed by atoms with E-state index >= 15 is 0 Å². The van der Waals surface area contributed by atoms with Gasteiger partial charge in [0.1, 0.15) is 11.7 Å². The molecule has 1 N–H and O–H groups in total. The summed E-state index contributed by atoms with van der Waals surface area (Å²) in [6, 6.07) is 13.8. The van der Waals surface area contributed by atoms with Crippen molar-refractivity contribution in [3.63, 3.8) is 0 Å². The van der Waals surface area contributed by atoms with E-state index in [2.05, 4.69) is 17.4 Å². The van der Waals surface area contributed by atoms with Crippen LogP contribution in [0.3, 0.4) is 0 Å². The average Bonchev–Trinajstić information content (AvgIpc) is 3.45. The summed E-state index contributed by atoms with van der Waals surface area (Å²) in [4.78, 5) is 26.4. The Labute approximate surface area is 145 Å². The smallest absolute Gasteiger partial charge is 0.239 e. The first-order valence-electron chi connectivity index (χ1n) is 8.48. The minimum atomic E-state index is -0.820. The van der Waals surface area contributed by atoms with Crippen molar-refractivity contribution in [2.24, 2.45) is 5.92 Å². The third-order valence-corrected chi connectivity index (χ3v) is 5.06. The van der Waals surface area contributed by atoms with Gasteiger partial charge in [0.2, 0.25) is 11.8 Å². The Hall–Kier alpha value is -2.69. The van der Waals surface area contributed by atoms with E-state index in [0.29, 0.717) is 5.92 Å². The van der Waals surface area contributed by atoms with E-state index in [1.165, 1.54) is 30.5 Å². The second-order valence-electron chi connectivity index (χ2n) is 6.79. The highest BCUT2D eigenvalue weighted by Gasteiger charge is 2.50. The second-order valence-corrected chi connectivity index (χ2v) is 6.79. The minimum absolute atomic E-state index is 0.0975. The average molecular weight is 338 g/mol. The summed E-state index contributed by atoms with van der Waals surface area (Å²) in [5.41, 5.74) is 2.32. The van der Waals surface area contributed by atoms with Gasteiger partial charge < -0.3 is 10.2 Å². The highest BCUT2D eigenvalue weighted by molar-refractivity contribution is 6.10. The van der Waals surface area contributed by atoms with Gasteiger partial charge in [0.25, 0.3) is 0 Å². The van der Waals surface area contributed by atoms with Crippen molar-refractivity contribution in [3.8, 4) is 0 Å². The largest absolute Gasteiger partial charge is 0.337 e. The van der Waals surface area contributed by atoms with E-state index in [1.807, 2.05) is 12.1 Å². The Morgan fingerprint density at radius 2 is 1.84 bits per heavy atom. The number of nitrogens with one attached hydrogen (secondary N) is 1. The van der Waals surface area contributed by atoms with Gasteiger partial charge >= 0.3 is 0 Å². The monoisotopic (exact) mass is 338 g/mol. The number of likely N-dealkylation sites (tertiary alicyclic amines) is 1. The molecular formula is C20H19FN2O2. The van der Waals surface area contributed by atoms with Crippen LogP contribution in [0.5, 0.6) is 0 Å². The molecule has 2 amide bonds. The Balaban J connectivity index is 1.57. The Morgan fingerprint density at radius 3 is 2.56 bits per heavy atom. The van der Waals surface area contributed by atoms with Gasteiger partial charge in [0, 0.05) is 7.05 Å². The zero-order valence-corrected chi connectivity index (χ0v) is 13.9. The van der Waals surface area contributed by atoms with Gasteiger partial charge in [0.05, 0.1) is 11.7 Å². The SMILES string of the molecule is CN1C(=O)C(C(=O)Nc2ccccc2F)C1c1cccc(C2CC2)c1. The first-order chi connectivity index (χ1) is 12.1. The molecule has 128 valence electrons. The van der Waals surface area contributed by atoms with Crippen molar-refractivity contribution in [3.05, 3.63) is 65.5 Å². The molecule has 0 bridgehead atoms. The van der Waals surface area contributed by atoms with Crippen molar-refractivity contribution < 1.29 is 14.0 Å². The first kappa shape index (κ1) is 15.8.